The molecule has 2 nitrogen and oxygen atoms in total. The van der Waals surface area contributed by atoms with Crippen molar-refractivity contribution in [3.8, 4) is 0 Å². The van der Waals surface area contributed by atoms with Crippen molar-refractivity contribution in [2.75, 3.05) is 0 Å². The van der Waals surface area contributed by atoms with Gasteiger partial charge < -0.3 is 10.8 Å². The van der Waals surface area contributed by atoms with Crippen LogP contribution in [-0.2, 0) is 0 Å². The van der Waals surface area contributed by atoms with Crippen LogP contribution in [0.5, 0.6) is 0 Å². The maximum Gasteiger partial charge on any atom is 0.0696 e. The molecule has 0 heterocycles. The highest BCUT2D eigenvalue weighted by Gasteiger charge is 2.17. The van der Waals surface area contributed by atoms with Gasteiger partial charge in [-0.05, 0) is 36.5 Å². The van der Waals surface area contributed by atoms with Crippen LogP contribution in [-0.4, -0.2) is 17.3 Å². The topological polar surface area (TPSA) is 46.2 Å². The monoisotopic (exact) mass is 241 g/mol. The van der Waals surface area contributed by atoms with Gasteiger partial charge in [-0.2, -0.15) is 0 Å². The first-order chi connectivity index (χ1) is 7.54. The lowest BCUT2D eigenvalue weighted by molar-refractivity contribution is 0.126. The second-order valence-corrected chi connectivity index (χ2v) is 4.77. The summed E-state index contributed by atoms with van der Waals surface area (Å²) >= 11 is 5.93. The quantitative estimate of drug-likeness (QED) is 0.833. The Morgan fingerprint density at radius 2 is 2.12 bits per heavy atom. The van der Waals surface area contributed by atoms with E-state index in [-0.39, 0.29) is 12.0 Å². The number of nitrogens with two attached hydrogens (primary N) is 1. The van der Waals surface area contributed by atoms with E-state index in [0.29, 0.717) is 6.42 Å². The van der Waals surface area contributed by atoms with Crippen molar-refractivity contribution < 1.29 is 5.11 Å². The summed E-state index contributed by atoms with van der Waals surface area (Å²) in [6, 6.07) is 7.62. The first-order valence-corrected chi connectivity index (χ1v) is 6.11. The fourth-order valence-electron chi connectivity index (χ4n) is 1.76. The number of hydrogen-bond acceptors (Lipinski definition) is 2. The number of aliphatic hydroxyl groups is 1. The Labute approximate surface area is 102 Å². The third-order valence-electron chi connectivity index (χ3n) is 2.98. The summed E-state index contributed by atoms with van der Waals surface area (Å²) in [5.41, 5.74) is 6.94. The SMILES string of the molecule is CCC(N)C(O)CC(C)c1cccc(Cl)c1. The molecular formula is C13H20ClNO. The van der Waals surface area contributed by atoms with E-state index in [9.17, 15) is 5.11 Å². The van der Waals surface area contributed by atoms with Crippen LogP contribution in [0.15, 0.2) is 24.3 Å². The van der Waals surface area contributed by atoms with Crippen LogP contribution < -0.4 is 5.73 Å². The Balaban J connectivity index is 2.61. The Hall–Kier alpha value is -0.570. The number of benzene rings is 1. The van der Waals surface area contributed by atoms with Crippen LogP contribution in [0.3, 0.4) is 0 Å². The lowest BCUT2D eigenvalue weighted by atomic mass is 9.92. The molecule has 1 aromatic rings. The Bertz CT molecular complexity index is 329. The maximum absolute atomic E-state index is 9.86. The predicted octanol–water partition coefficient (Wildman–Crippen LogP) is 2.93. The van der Waals surface area contributed by atoms with E-state index in [1.807, 2.05) is 31.2 Å². The third-order valence-corrected chi connectivity index (χ3v) is 3.21. The zero-order valence-corrected chi connectivity index (χ0v) is 10.6. The Morgan fingerprint density at radius 1 is 1.44 bits per heavy atom. The van der Waals surface area contributed by atoms with Crippen LogP contribution >= 0.6 is 11.6 Å². The van der Waals surface area contributed by atoms with Gasteiger partial charge >= 0.3 is 0 Å². The lowest BCUT2D eigenvalue weighted by Crippen LogP contribution is -2.34. The normalized spacial score (nSPS) is 16.8. The van der Waals surface area contributed by atoms with Crippen molar-refractivity contribution in [1.29, 1.82) is 0 Å². The van der Waals surface area contributed by atoms with E-state index in [1.165, 1.54) is 0 Å². The predicted molar refractivity (Wildman–Crippen MR) is 68.8 cm³/mol. The van der Waals surface area contributed by atoms with Gasteiger partial charge in [-0.3, -0.25) is 0 Å². The summed E-state index contributed by atoms with van der Waals surface area (Å²) in [6.07, 6.45) is 1.03. The molecule has 3 N–H and O–H groups in total. The van der Waals surface area contributed by atoms with Crippen LogP contribution in [0.4, 0.5) is 0 Å². The number of aliphatic hydroxyl groups excluding tert-OH is 1. The molecule has 90 valence electrons. The van der Waals surface area contributed by atoms with Gasteiger partial charge in [0.25, 0.3) is 0 Å². The van der Waals surface area contributed by atoms with Gasteiger partial charge in [0, 0.05) is 11.1 Å². The van der Waals surface area contributed by atoms with Crippen molar-refractivity contribution in [2.45, 2.75) is 44.8 Å². The van der Waals surface area contributed by atoms with Crippen LogP contribution in [0.25, 0.3) is 0 Å². The fraction of sp³-hybridized carbons (Fsp3) is 0.538. The Kier molecular flexibility index (Phi) is 5.26. The molecule has 16 heavy (non-hydrogen) atoms. The van der Waals surface area contributed by atoms with E-state index < -0.39 is 6.10 Å². The highest BCUT2D eigenvalue weighted by Crippen LogP contribution is 2.24. The third kappa shape index (κ3) is 3.78. The second kappa shape index (κ2) is 6.24. The average molecular weight is 242 g/mol. The summed E-state index contributed by atoms with van der Waals surface area (Å²) in [4.78, 5) is 0. The van der Waals surface area contributed by atoms with Crippen molar-refractivity contribution in [3.63, 3.8) is 0 Å². The summed E-state index contributed by atoms with van der Waals surface area (Å²) in [5.74, 6) is 0.270. The molecule has 0 saturated heterocycles. The van der Waals surface area contributed by atoms with Gasteiger partial charge in [-0.25, -0.2) is 0 Å². The molecule has 3 unspecified atom stereocenters. The molecule has 0 fully saturated rings. The van der Waals surface area contributed by atoms with Crippen molar-refractivity contribution >= 4 is 11.6 Å². The minimum absolute atomic E-state index is 0.137. The van der Waals surface area contributed by atoms with E-state index in [2.05, 4.69) is 6.92 Å². The lowest BCUT2D eigenvalue weighted by Gasteiger charge is -2.21. The maximum atomic E-state index is 9.86. The van der Waals surface area contributed by atoms with Crippen molar-refractivity contribution in [1.82, 2.24) is 0 Å². The molecular weight excluding hydrogens is 222 g/mol. The molecule has 0 amide bonds. The number of hydrogen-bond donors (Lipinski definition) is 2. The zero-order chi connectivity index (χ0) is 12.1. The molecule has 0 radical (unpaired) electrons. The molecule has 3 atom stereocenters. The molecule has 0 spiro atoms. The van der Waals surface area contributed by atoms with Gasteiger partial charge in [0.2, 0.25) is 0 Å². The van der Waals surface area contributed by atoms with E-state index >= 15 is 0 Å². The molecule has 3 heteroatoms. The van der Waals surface area contributed by atoms with Gasteiger partial charge in [-0.15, -0.1) is 0 Å². The van der Waals surface area contributed by atoms with E-state index in [4.69, 9.17) is 17.3 Å². The highest BCUT2D eigenvalue weighted by atomic mass is 35.5. The van der Waals surface area contributed by atoms with Gasteiger partial charge in [0.05, 0.1) is 6.10 Å². The minimum atomic E-state index is -0.445. The molecule has 0 saturated carbocycles. The molecule has 1 rings (SSSR count). The summed E-state index contributed by atoms with van der Waals surface area (Å²) in [6.45, 7) is 4.06. The summed E-state index contributed by atoms with van der Waals surface area (Å²) in [5, 5.41) is 10.6. The molecule has 0 aliphatic heterocycles. The highest BCUT2D eigenvalue weighted by molar-refractivity contribution is 6.30. The minimum Gasteiger partial charge on any atom is -0.391 e. The smallest absolute Gasteiger partial charge is 0.0696 e. The molecule has 0 aliphatic carbocycles. The molecule has 0 bridgehead atoms. The standard InChI is InChI=1S/C13H20ClNO/c1-3-12(15)13(16)7-9(2)10-5-4-6-11(14)8-10/h4-6,8-9,12-13,16H,3,7,15H2,1-2H3. The van der Waals surface area contributed by atoms with Crippen LogP contribution in [0.2, 0.25) is 5.02 Å². The van der Waals surface area contributed by atoms with E-state index in [1.54, 1.807) is 0 Å². The largest absolute Gasteiger partial charge is 0.391 e. The first kappa shape index (κ1) is 13.5. The molecule has 1 aromatic carbocycles. The molecule has 0 aliphatic rings. The van der Waals surface area contributed by atoms with Gasteiger partial charge in [0.15, 0.2) is 0 Å². The van der Waals surface area contributed by atoms with Crippen molar-refractivity contribution in [3.05, 3.63) is 34.9 Å². The average Bonchev–Trinajstić information content (AvgIpc) is 2.27. The number of halogens is 1. The fourth-order valence-corrected chi connectivity index (χ4v) is 1.96. The zero-order valence-electron chi connectivity index (χ0n) is 9.86. The van der Waals surface area contributed by atoms with E-state index in [0.717, 1.165) is 17.0 Å². The Morgan fingerprint density at radius 3 is 2.69 bits per heavy atom. The summed E-state index contributed by atoms with van der Waals surface area (Å²) < 4.78 is 0. The summed E-state index contributed by atoms with van der Waals surface area (Å²) in [7, 11) is 0. The van der Waals surface area contributed by atoms with Crippen LogP contribution in [0, 0.1) is 0 Å². The first-order valence-electron chi connectivity index (χ1n) is 5.73. The van der Waals surface area contributed by atoms with Gasteiger partial charge in [0.1, 0.15) is 0 Å². The van der Waals surface area contributed by atoms with Gasteiger partial charge in [-0.1, -0.05) is 37.6 Å². The molecule has 0 aromatic heterocycles. The second-order valence-electron chi connectivity index (χ2n) is 4.33. The number of rotatable bonds is 5. The van der Waals surface area contributed by atoms with Crippen LogP contribution in [0.1, 0.15) is 38.2 Å². The van der Waals surface area contributed by atoms with Crippen molar-refractivity contribution in [2.24, 2.45) is 5.73 Å².